The monoisotopic (exact) mass is 250 g/mol. The highest BCUT2D eigenvalue weighted by atomic mass is 32.2. The Morgan fingerprint density at radius 3 is 2.82 bits per heavy atom. The third-order valence-electron chi connectivity index (χ3n) is 3.12. The average molecular weight is 250 g/mol. The lowest BCUT2D eigenvalue weighted by molar-refractivity contribution is 0.498. The van der Waals surface area contributed by atoms with Gasteiger partial charge in [0.25, 0.3) is 0 Å². The molecule has 1 aliphatic carbocycles. The predicted molar refractivity (Wildman–Crippen MR) is 75.5 cm³/mol. The maximum absolute atomic E-state index is 3.58. The summed E-state index contributed by atoms with van der Waals surface area (Å²) in [6, 6.07) is 9.95. The van der Waals surface area contributed by atoms with Crippen LogP contribution in [0.5, 0.6) is 0 Å². The van der Waals surface area contributed by atoms with Crippen LogP contribution in [-0.4, -0.2) is 24.9 Å². The van der Waals surface area contributed by atoms with E-state index in [9.17, 15) is 0 Å². The van der Waals surface area contributed by atoms with Crippen molar-refractivity contribution >= 4 is 11.8 Å². The Balaban J connectivity index is 1.75. The minimum Gasteiger partial charge on any atom is -0.312 e. The van der Waals surface area contributed by atoms with Crippen molar-refractivity contribution < 1.29 is 0 Å². The van der Waals surface area contributed by atoms with Crippen LogP contribution in [0.1, 0.15) is 25.3 Å². The van der Waals surface area contributed by atoms with E-state index in [2.05, 4.69) is 48.1 Å². The summed E-state index contributed by atoms with van der Waals surface area (Å²) in [4.78, 5) is 1.38. The van der Waals surface area contributed by atoms with E-state index in [4.69, 9.17) is 0 Å². The SMILES string of the molecule is CSc1ccccc1CNC(C)CNC1CC1. The van der Waals surface area contributed by atoms with Crippen LogP contribution in [0.3, 0.4) is 0 Å². The Hall–Kier alpha value is -0.510. The first kappa shape index (κ1) is 12.9. The summed E-state index contributed by atoms with van der Waals surface area (Å²) in [6.07, 6.45) is 4.86. The highest BCUT2D eigenvalue weighted by Crippen LogP contribution is 2.20. The van der Waals surface area contributed by atoms with Crippen LogP contribution in [0.15, 0.2) is 29.2 Å². The Morgan fingerprint density at radius 1 is 1.35 bits per heavy atom. The molecule has 1 saturated carbocycles. The predicted octanol–water partition coefficient (Wildman–Crippen LogP) is 2.64. The van der Waals surface area contributed by atoms with E-state index in [1.807, 2.05) is 11.8 Å². The fourth-order valence-corrected chi connectivity index (χ4v) is 2.45. The van der Waals surface area contributed by atoms with Crippen molar-refractivity contribution in [3.8, 4) is 0 Å². The van der Waals surface area contributed by atoms with Crippen LogP contribution in [0.2, 0.25) is 0 Å². The number of rotatable bonds is 7. The number of hydrogen-bond acceptors (Lipinski definition) is 3. The van der Waals surface area contributed by atoms with Crippen LogP contribution in [0.4, 0.5) is 0 Å². The molecule has 0 radical (unpaired) electrons. The van der Waals surface area contributed by atoms with Crippen LogP contribution < -0.4 is 10.6 Å². The van der Waals surface area contributed by atoms with Gasteiger partial charge in [-0.15, -0.1) is 11.8 Å². The second-order valence-corrected chi connectivity index (χ2v) is 5.62. The van der Waals surface area contributed by atoms with E-state index in [1.54, 1.807) is 0 Å². The Bertz CT molecular complexity index is 350. The van der Waals surface area contributed by atoms with E-state index < -0.39 is 0 Å². The van der Waals surface area contributed by atoms with Crippen molar-refractivity contribution in [2.75, 3.05) is 12.8 Å². The fraction of sp³-hybridized carbons (Fsp3) is 0.571. The van der Waals surface area contributed by atoms with Crippen molar-refractivity contribution in [2.24, 2.45) is 0 Å². The van der Waals surface area contributed by atoms with Gasteiger partial charge in [0, 0.05) is 30.1 Å². The van der Waals surface area contributed by atoms with Gasteiger partial charge in [-0.05, 0) is 37.7 Å². The van der Waals surface area contributed by atoms with Gasteiger partial charge in [0.2, 0.25) is 0 Å². The van der Waals surface area contributed by atoms with E-state index >= 15 is 0 Å². The zero-order valence-electron chi connectivity index (χ0n) is 10.7. The van der Waals surface area contributed by atoms with Crippen LogP contribution >= 0.6 is 11.8 Å². The first-order valence-electron chi connectivity index (χ1n) is 6.38. The second-order valence-electron chi connectivity index (χ2n) is 4.78. The molecular formula is C14H22N2S. The second kappa shape index (κ2) is 6.43. The van der Waals surface area contributed by atoms with Crippen molar-refractivity contribution in [3.63, 3.8) is 0 Å². The molecule has 0 saturated heterocycles. The molecule has 94 valence electrons. The molecule has 1 aromatic carbocycles. The highest BCUT2D eigenvalue weighted by Gasteiger charge is 2.20. The summed E-state index contributed by atoms with van der Waals surface area (Å²) in [5.74, 6) is 0. The molecule has 1 unspecified atom stereocenters. The molecule has 2 N–H and O–H groups in total. The van der Waals surface area contributed by atoms with Gasteiger partial charge >= 0.3 is 0 Å². The summed E-state index contributed by atoms with van der Waals surface area (Å²) in [5, 5.41) is 7.13. The molecular weight excluding hydrogens is 228 g/mol. The molecule has 17 heavy (non-hydrogen) atoms. The summed E-state index contributed by atoms with van der Waals surface area (Å²) < 4.78 is 0. The minimum absolute atomic E-state index is 0.533. The van der Waals surface area contributed by atoms with Crippen molar-refractivity contribution in [1.29, 1.82) is 0 Å². The number of benzene rings is 1. The topological polar surface area (TPSA) is 24.1 Å². The maximum atomic E-state index is 3.58. The molecule has 0 spiro atoms. The van der Waals surface area contributed by atoms with E-state index in [0.717, 1.165) is 19.1 Å². The normalized spacial score (nSPS) is 17.1. The Labute approximate surface area is 109 Å². The number of thioether (sulfide) groups is 1. The molecule has 2 nitrogen and oxygen atoms in total. The van der Waals surface area contributed by atoms with Gasteiger partial charge < -0.3 is 10.6 Å². The average Bonchev–Trinajstić information content (AvgIpc) is 3.18. The molecule has 1 fully saturated rings. The molecule has 2 rings (SSSR count). The van der Waals surface area contributed by atoms with Gasteiger partial charge in [0.15, 0.2) is 0 Å². The molecule has 0 aliphatic heterocycles. The molecule has 0 bridgehead atoms. The quantitative estimate of drug-likeness (QED) is 0.728. The standard InChI is InChI=1S/C14H22N2S/c1-11(9-16-13-7-8-13)15-10-12-5-3-4-6-14(12)17-2/h3-6,11,13,15-16H,7-10H2,1-2H3. The molecule has 3 heteroatoms. The van der Waals surface area contributed by atoms with Crippen molar-refractivity contribution in [1.82, 2.24) is 10.6 Å². The number of hydrogen-bond donors (Lipinski definition) is 2. The maximum Gasteiger partial charge on any atom is 0.0219 e. The zero-order chi connectivity index (χ0) is 12.1. The summed E-state index contributed by atoms with van der Waals surface area (Å²) >= 11 is 1.82. The molecule has 0 amide bonds. The third-order valence-corrected chi connectivity index (χ3v) is 3.96. The molecule has 0 heterocycles. The summed E-state index contributed by atoms with van der Waals surface area (Å²) in [6.45, 7) is 4.29. The zero-order valence-corrected chi connectivity index (χ0v) is 11.5. The number of nitrogens with one attached hydrogen (secondary N) is 2. The minimum atomic E-state index is 0.533. The fourth-order valence-electron chi connectivity index (χ4n) is 1.84. The molecule has 0 aromatic heterocycles. The van der Waals surface area contributed by atoms with Crippen molar-refractivity contribution in [3.05, 3.63) is 29.8 Å². The molecule has 1 aliphatic rings. The summed E-state index contributed by atoms with van der Waals surface area (Å²) in [7, 11) is 0. The van der Waals surface area contributed by atoms with E-state index in [1.165, 1.54) is 23.3 Å². The summed E-state index contributed by atoms with van der Waals surface area (Å²) in [5.41, 5.74) is 1.40. The first-order valence-corrected chi connectivity index (χ1v) is 7.60. The first-order chi connectivity index (χ1) is 8.29. The smallest absolute Gasteiger partial charge is 0.0219 e. The van der Waals surface area contributed by atoms with Gasteiger partial charge in [-0.2, -0.15) is 0 Å². The van der Waals surface area contributed by atoms with E-state index in [-0.39, 0.29) is 0 Å². The lowest BCUT2D eigenvalue weighted by atomic mass is 10.2. The van der Waals surface area contributed by atoms with Gasteiger partial charge in [-0.3, -0.25) is 0 Å². The Morgan fingerprint density at radius 2 is 2.12 bits per heavy atom. The van der Waals surface area contributed by atoms with E-state index in [0.29, 0.717) is 6.04 Å². The molecule has 1 aromatic rings. The van der Waals surface area contributed by atoms with Crippen LogP contribution in [0, 0.1) is 0 Å². The van der Waals surface area contributed by atoms with Gasteiger partial charge in [0.05, 0.1) is 0 Å². The van der Waals surface area contributed by atoms with Gasteiger partial charge in [0.1, 0.15) is 0 Å². The largest absolute Gasteiger partial charge is 0.312 e. The third kappa shape index (κ3) is 4.34. The lowest BCUT2D eigenvalue weighted by Gasteiger charge is -2.15. The van der Waals surface area contributed by atoms with Gasteiger partial charge in [-0.25, -0.2) is 0 Å². The Kier molecular flexibility index (Phi) is 4.89. The highest BCUT2D eigenvalue weighted by molar-refractivity contribution is 7.98. The van der Waals surface area contributed by atoms with Crippen LogP contribution in [-0.2, 0) is 6.54 Å². The van der Waals surface area contributed by atoms with Gasteiger partial charge in [-0.1, -0.05) is 18.2 Å². The molecule has 1 atom stereocenters. The van der Waals surface area contributed by atoms with Crippen molar-refractivity contribution in [2.45, 2.75) is 43.3 Å². The lowest BCUT2D eigenvalue weighted by Crippen LogP contribution is -2.36. The van der Waals surface area contributed by atoms with Crippen LogP contribution in [0.25, 0.3) is 0 Å².